The largest absolute Gasteiger partial charge is 0.391 e. The van der Waals surface area contributed by atoms with Gasteiger partial charge in [0.1, 0.15) is 0 Å². The van der Waals surface area contributed by atoms with Crippen LogP contribution in [0.15, 0.2) is 28.7 Å². The molecule has 0 bridgehead atoms. The van der Waals surface area contributed by atoms with Crippen LogP contribution < -0.4 is 4.90 Å². The van der Waals surface area contributed by atoms with E-state index in [9.17, 15) is 9.90 Å². The first-order valence-electron chi connectivity index (χ1n) is 6.39. The van der Waals surface area contributed by atoms with Gasteiger partial charge < -0.3 is 10.0 Å². The van der Waals surface area contributed by atoms with E-state index < -0.39 is 6.10 Å². The highest BCUT2D eigenvalue weighted by Crippen LogP contribution is 2.30. The number of halogens is 1. The number of hydrogen-bond donors (Lipinski definition) is 1. The summed E-state index contributed by atoms with van der Waals surface area (Å²) in [5, 5.41) is 10.0. The molecule has 1 N–H and O–H groups in total. The lowest BCUT2D eigenvalue weighted by Gasteiger charge is -2.31. The van der Waals surface area contributed by atoms with Gasteiger partial charge in [0.05, 0.1) is 12.1 Å². The Labute approximate surface area is 116 Å². The number of aliphatic hydroxyl groups excluding tert-OH is 1. The number of anilines is 1. The van der Waals surface area contributed by atoms with E-state index >= 15 is 0 Å². The fraction of sp³-hybridized carbons (Fsp3) is 0.500. The van der Waals surface area contributed by atoms with E-state index in [2.05, 4.69) is 15.9 Å². The van der Waals surface area contributed by atoms with Crippen LogP contribution in [0.2, 0.25) is 0 Å². The smallest absolute Gasteiger partial charge is 0.227 e. The van der Waals surface area contributed by atoms with E-state index in [0.29, 0.717) is 6.42 Å². The Morgan fingerprint density at radius 3 is 2.56 bits per heavy atom. The van der Waals surface area contributed by atoms with Gasteiger partial charge in [-0.05, 0) is 43.5 Å². The van der Waals surface area contributed by atoms with Crippen molar-refractivity contribution in [2.24, 2.45) is 0 Å². The lowest BCUT2D eigenvalue weighted by Crippen LogP contribution is -2.44. The summed E-state index contributed by atoms with van der Waals surface area (Å²) in [5.41, 5.74) is 0.871. The summed E-state index contributed by atoms with van der Waals surface area (Å²) >= 11 is 3.39. The monoisotopic (exact) mass is 311 g/mol. The predicted octanol–water partition coefficient (Wildman–Crippen LogP) is 3.11. The second kappa shape index (κ2) is 5.85. The van der Waals surface area contributed by atoms with Crippen LogP contribution in [0.25, 0.3) is 0 Å². The normalized spacial score (nSPS) is 23.1. The molecule has 1 fully saturated rings. The third-order valence-corrected chi connectivity index (χ3v) is 3.98. The molecule has 1 aromatic carbocycles. The number of carbonyl (C=O) groups excluding carboxylic acids is 1. The number of hydrogen-bond acceptors (Lipinski definition) is 2. The maximum absolute atomic E-state index is 12.1. The summed E-state index contributed by atoms with van der Waals surface area (Å²) < 4.78 is 0.988. The lowest BCUT2D eigenvalue weighted by atomic mass is 10.1. The van der Waals surface area contributed by atoms with Gasteiger partial charge >= 0.3 is 0 Å². The van der Waals surface area contributed by atoms with Gasteiger partial charge in [0.25, 0.3) is 0 Å². The number of nitrogens with zero attached hydrogens (tertiary/aromatic N) is 1. The van der Waals surface area contributed by atoms with Crippen molar-refractivity contribution in [2.75, 3.05) is 4.90 Å². The zero-order valence-corrected chi connectivity index (χ0v) is 12.1. The summed E-state index contributed by atoms with van der Waals surface area (Å²) in [6, 6.07) is 7.61. The lowest BCUT2D eigenvalue weighted by molar-refractivity contribution is -0.119. The van der Waals surface area contributed by atoms with Crippen LogP contribution in [-0.2, 0) is 4.79 Å². The Morgan fingerprint density at radius 2 is 2.06 bits per heavy atom. The van der Waals surface area contributed by atoms with Gasteiger partial charge in [0, 0.05) is 16.6 Å². The van der Waals surface area contributed by atoms with Crippen LogP contribution in [0.4, 0.5) is 5.69 Å². The highest BCUT2D eigenvalue weighted by molar-refractivity contribution is 9.10. The van der Waals surface area contributed by atoms with E-state index in [1.165, 1.54) is 0 Å². The summed E-state index contributed by atoms with van der Waals surface area (Å²) in [7, 11) is 0. The molecule has 0 heterocycles. The van der Waals surface area contributed by atoms with Crippen molar-refractivity contribution >= 4 is 27.5 Å². The maximum Gasteiger partial charge on any atom is 0.227 e. The second-order valence-corrected chi connectivity index (χ2v) is 5.57. The molecule has 18 heavy (non-hydrogen) atoms. The van der Waals surface area contributed by atoms with Crippen LogP contribution in [0.5, 0.6) is 0 Å². The van der Waals surface area contributed by atoms with E-state index in [4.69, 9.17) is 0 Å². The van der Waals surface area contributed by atoms with E-state index in [1.807, 2.05) is 31.2 Å². The minimum absolute atomic E-state index is 0.0707. The Balaban J connectivity index is 2.30. The van der Waals surface area contributed by atoms with Crippen LogP contribution in [0, 0.1) is 0 Å². The molecule has 2 rings (SSSR count). The molecule has 1 aliphatic rings. The van der Waals surface area contributed by atoms with Gasteiger partial charge in [0.15, 0.2) is 0 Å². The van der Waals surface area contributed by atoms with Crippen molar-refractivity contribution in [1.82, 2.24) is 0 Å². The Morgan fingerprint density at radius 1 is 1.39 bits per heavy atom. The fourth-order valence-electron chi connectivity index (χ4n) is 2.51. The van der Waals surface area contributed by atoms with E-state index in [0.717, 1.165) is 29.4 Å². The quantitative estimate of drug-likeness (QED) is 0.931. The van der Waals surface area contributed by atoms with Crippen molar-refractivity contribution in [2.45, 2.75) is 44.8 Å². The minimum Gasteiger partial charge on any atom is -0.391 e. The molecule has 1 aliphatic carbocycles. The molecule has 4 heteroatoms. The third-order valence-electron chi connectivity index (χ3n) is 3.45. The zero-order chi connectivity index (χ0) is 13.1. The standard InChI is InChI=1S/C14H18BrNO2/c1-2-14(18)16(12-4-3-5-13(12)17)11-8-6-10(15)7-9-11/h6-9,12-13,17H,2-5H2,1H3. The van der Waals surface area contributed by atoms with Crippen molar-refractivity contribution in [3.05, 3.63) is 28.7 Å². The molecular weight excluding hydrogens is 294 g/mol. The molecule has 2 unspecified atom stereocenters. The number of rotatable bonds is 3. The van der Waals surface area contributed by atoms with Crippen LogP contribution in [0.3, 0.4) is 0 Å². The van der Waals surface area contributed by atoms with Crippen molar-refractivity contribution in [3.63, 3.8) is 0 Å². The number of carbonyl (C=O) groups is 1. The van der Waals surface area contributed by atoms with E-state index in [1.54, 1.807) is 4.90 Å². The van der Waals surface area contributed by atoms with Crippen LogP contribution >= 0.6 is 15.9 Å². The van der Waals surface area contributed by atoms with Gasteiger partial charge in [-0.15, -0.1) is 0 Å². The molecule has 98 valence electrons. The van der Waals surface area contributed by atoms with Crippen molar-refractivity contribution in [3.8, 4) is 0 Å². The highest BCUT2D eigenvalue weighted by atomic mass is 79.9. The maximum atomic E-state index is 12.1. The predicted molar refractivity (Wildman–Crippen MR) is 75.6 cm³/mol. The molecule has 0 aromatic heterocycles. The molecule has 1 saturated carbocycles. The van der Waals surface area contributed by atoms with Gasteiger partial charge in [-0.2, -0.15) is 0 Å². The number of aliphatic hydroxyl groups is 1. The molecule has 0 aliphatic heterocycles. The highest BCUT2D eigenvalue weighted by Gasteiger charge is 2.33. The topological polar surface area (TPSA) is 40.5 Å². The van der Waals surface area contributed by atoms with Crippen LogP contribution in [-0.4, -0.2) is 23.2 Å². The Kier molecular flexibility index (Phi) is 4.40. The molecule has 0 spiro atoms. The first kappa shape index (κ1) is 13.6. The SMILES string of the molecule is CCC(=O)N(c1ccc(Br)cc1)C1CCCC1O. The Bertz CT molecular complexity index is 418. The average molecular weight is 312 g/mol. The average Bonchev–Trinajstić information content (AvgIpc) is 2.78. The minimum atomic E-state index is -0.399. The number of benzene rings is 1. The summed E-state index contributed by atoms with van der Waals surface area (Å²) in [6.07, 6.45) is 2.71. The Hall–Kier alpha value is -0.870. The van der Waals surface area contributed by atoms with Gasteiger partial charge in [0.2, 0.25) is 5.91 Å². The van der Waals surface area contributed by atoms with E-state index in [-0.39, 0.29) is 11.9 Å². The molecule has 1 amide bonds. The van der Waals surface area contributed by atoms with Gasteiger partial charge in [-0.25, -0.2) is 0 Å². The molecule has 3 nitrogen and oxygen atoms in total. The molecular formula is C14H18BrNO2. The summed E-state index contributed by atoms with van der Waals surface area (Å²) in [4.78, 5) is 13.9. The first-order chi connectivity index (χ1) is 8.63. The summed E-state index contributed by atoms with van der Waals surface area (Å²) in [5.74, 6) is 0.0725. The zero-order valence-electron chi connectivity index (χ0n) is 10.5. The van der Waals surface area contributed by atoms with Gasteiger partial charge in [-0.3, -0.25) is 4.79 Å². The molecule has 0 saturated heterocycles. The van der Waals surface area contributed by atoms with Crippen molar-refractivity contribution < 1.29 is 9.90 Å². The third kappa shape index (κ3) is 2.75. The van der Waals surface area contributed by atoms with Gasteiger partial charge in [-0.1, -0.05) is 22.9 Å². The first-order valence-corrected chi connectivity index (χ1v) is 7.18. The summed E-state index contributed by atoms with van der Waals surface area (Å²) in [6.45, 7) is 1.86. The van der Waals surface area contributed by atoms with Crippen molar-refractivity contribution in [1.29, 1.82) is 0 Å². The number of amides is 1. The molecule has 1 aromatic rings. The molecule has 2 atom stereocenters. The fourth-order valence-corrected chi connectivity index (χ4v) is 2.78. The van der Waals surface area contributed by atoms with Crippen LogP contribution in [0.1, 0.15) is 32.6 Å². The molecule has 0 radical (unpaired) electrons. The second-order valence-electron chi connectivity index (χ2n) is 4.66.